The lowest BCUT2D eigenvalue weighted by atomic mass is 10.1. The molecule has 3 rings (SSSR count). The second-order valence-electron chi connectivity index (χ2n) is 6.15. The van der Waals surface area contributed by atoms with Crippen LogP contribution < -0.4 is 0 Å². The maximum Gasteiger partial charge on any atom is 0.339 e. The molecule has 0 radical (unpaired) electrons. The molecule has 0 N–H and O–H groups in total. The number of hydrogen-bond donors (Lipinski definition) is 0. The van der Waals surface area contributed by atoms with Crippen LogP contribution in [-0.4, -0.2) is 28.2 Å². The Morgan fingerprint density at radius 2 is 1.35 bits per heavy atom. The fourth-order valence-corrected chi connectivity index (χ4v) is 3.48. The number of nitro benzene ring substituents is 2. The van der Waals surface area contributed by atoms with Gasteiger partial charge >= 0.3 is 5.97 Å². The summed E-state index contributed by atoms with van der Waals surface area (Å²) in [5.41, 5.74) is 0.238. The van der Waals surface area contributed by atoms with Crippen molar-refractivity contribution in [1.82, 2.24) is 0 Å². The summed E-state index contributed by atoms with van der Waals surface area (Å²) in [6, 6.07) is 17.5. The van der Waals surface area contributed by atoms with Crippen LogP contribution in [0.25, 0.3) is 0 Å². The smallest absolute Gasteiger partial charge is 0.339 e. The highest BCUT2D eigenvalue weighted by Crippen LogP contribution is 2.31. The third-order valence-electron chi connectivity index (χ3n) is 4.12. The molecule has 0 atom stereocenters. The molecule has 0 aliphatic rings. The van der Waals surface area contributed by atoms with Crippen LogP contribution in [0.2, 0.25) is 0 Å². The van der Waals surface area contributed by atoms with Gasteiger partial charge in [-0.1, -0.05) is 23.9 Å². The minimum absolute atomic E-state index is 0.0400. The minimum atomic E-state index is -0.708. The standard InChI is InChI=1S/C21H14N2O7S/c24-19(14-5-7-15(8-6-14)22(26)27)13-30-21(25)18-3-1-2-4-20(18)31-17-11-9-16(10-12-17)23(28)29/h1-12H,13H2. The van der Waals surface area contributed by atoms with E-state index in [9.17, 15) is 29.8 Å². The summed E-state index contributed by atoms with van der Waals surface area (Å²) in [5.74, 6) is -1.20. The van der Waals surface area contributed by atoms with Crippen LogP contribution in [0.3, 0.4) is 0 Å². The molecule has 0 bridgehead atoms. The SMILES string of the molecule is O=C(COC(=O)c1ccccc1Sc1ccc([N+](=O)[O-])cc1)c1ccc([N+](=O)[O-])cc1. The van der Waals surface area contributed by atoms with Crippen LogP contribution in [0, 0.1) is 20.2 Å². The van der Waals surface area contributed by atoms with E-state index in [-0.39, 0.29) is 22.5 Å². The largest absolute Gasteiger partial charge is 0.454 e. The Labute approximate surface area is 180 Å². The quantitative estimate of drug-likeness (QED) is 0.214. The Balaban J connectivity index is 1.67. The zero-order valence-electron chi connectivity index (χ0n) is 15.8. The van der Waals surface area contributed by atoms with E-state index in [4.69, 9.17) is 4.74 Å². The number of carbonyl (C=O) groups excluding carboxylic acids is 2. The van der Waals surface area contributed by atoms with E-state index < -0.39 is 28.2 Å². The summed E-state index contributed by atoms with van der Waals surface area (Å²) in [5, 5.41) is 21.5. The van der Waals surface area contributed by atoms with Crippen molar-refractivity contribution < 1.29 is 24.2 Å². The zero-order valence-corrected chi connectivity index (χ0v) is 16.6. The Hall–Kier alpha value is -4.05. The van der Waals surface area contributed by atoms with Gasteiger partial charge in [0.05, 0.1) is 15.4 Å². The monoisotopic (exact) mass is 438 g/mol. The van der Waals surface area contributed by atoms with Gasteiger partial charge in [-0.2, -0.15) is 0 Å². The molecule has 0 aliphatic carbocycles. The van der Waals surface area contributed by atoms with Crippen molar-refractivity contribution in [3.05, 3.63) is 104 Å². The minimum Gasteiger partial charge on any atom is -0.454 e. The second kappa shape index (κ2) is 9.63. The summed E-state index contributed by atoms with van der Waals surface area (Å²) in [6.07, 6.45) is 0. The van der Waals surface area contributed by atoms with Crippen molar-refractivity contribution in [3.8, 4) is 0 Å². The first kappa shape index (κ1) is 21.7. The Bertz CT molecular complexity index is 1150. The van der Waals surface area contributed by atoms with E-state index in [0.717, 1.165) is 0 Å². The van der Waals surface area contributed by atoms with Gasteiger partial charge in [0.1, 0.15) is 0 Å². The third-order valence-corrected chi connectivity index (χ3v) is 5.20. The molecule has 0 amide bonds. The summed E-state index contributed by atoms with van der Waals surface area (Å²) < 4.78 is 5.13. The van der Waals surface area contributed by atoms with E-state index in [2.05, 4.69) is 0 Å². The normalized spacial score (nSPS) is 10.3. The number of nitrogens with zero attached hydrogens (tertiary/aromatic N) is 2. The number of rotatable bonds is 8. The van der Waals surface area contributed by atoms with E-state index in [1.807, 2.05) is 0 Å². The first-order chi connectivity index (χ1) is 14.8. The molecule has 0 saturated heterocycles. The highest BCUT2D eigenvalue weighted by molar-refractivity contribution is 7.99. The van der Waals surface area contributed by atoms with Crippen molar-refractivity contribution in [2.24, 2.45) is 0 Å². The molecule has 0 spiro atoms. The Kier molecular flexibility index (Phi) is 6.73. The van der Waals surface area contributed by atoms with Crippen LogP contribution in [0.15, 0.2) is 82.6 Å². The van der Waals surface area contributed by atoms with Crippen molar-refractivity contribution in [3.63, 3.8) is 0 Å². The second-order valence-corrected chi connectivity index (χ2v) is 7.27. The molecule has 0 unspecified atom stereocenters. The topological polar surface area (TPSA) is 130 Å². The van der Waals surface area contributed by atoms with Crippen molar-refractivity contribution >= 4 is 34.9 Å². The number of Topliss-reactive ketones (excluding diaryl/α,β-unsaturated/α-hetero) is 1. The van der Waals surface area contributed by atoms with Gasteiger partial charge in [0.2, 0.25) is 0 Å². The summed E-state index contributed by atoms with van der Waals surface area (Å²) in [7, 11) is 0. The Morgan fingerprint density at radius 1 is 0.806 bits per heavy atom. The van der Waals surface area contributed by atoms with Crippen molar-refractivity contribution in [2.45, 2.75) is 9.79 Å². The Morgan fingerprint density at radius 3 is 1.94 bits per heavy atom. The van der Waals surface area contributed by atoms with Crippen LogP contribution in [0.5, 0.6) is 0 Å². The van der Waals surface area contributed by atoms with Crippen molar-refractivity contribution in [2.75, 3.05) is 6.61 Å². The molecule has 3 aromatic carbocycles. The predicted molar refractivity (Wildman–Crippen MR) is 111 cm³/mol. The van der Waals surface area contributed by atoms with Gasteiger partial charge < -0.3 is 4.74 Å². The van der Waals surface area contributed by atoms with Crippen LogP contribution >= 0.6 is 11.8 Å². The molecule has 10 heteroatoms. The molecule has 9 nitrogen and oxygen atoms in total. The van der Waals surface area contributed by atoms with Crippen LogP contribution in [0.4, 0.5) is 11.4 Å². The van der Waals surface area contributed by atoms with E-state index in [1.165, 1.54) is 48.2 Å². The molecule has 0 heterocycles. The number of benzene rings is 3. The van der Waals surface area contributed by atoms with Gasteiger partial charge in [0.15, 0.2) is 12.4 Å². The summed E-state index contributed by atoms with van der Waals surface area (Å²) in [4.78, 5) is 46.4. The van der Waals surface area contributed by atoms with Crippen molar-refractivity contribution in [1.29, 1.82) is 0 Å². The first-order valence-corrected chi connectivity index (χ1v) is 9.63. The molecule has 3 aromatic rings. The molecule has 0 aliphatic heterocycles. The summed E-state index contributed by atoms with van der Waals surface area (Å²) in [6.45, 7) is -0.521. The van der Waals surface area contributed by atoms with E-state index >= 15 is 0 Å². The third kappa shape index (κ3) is 5.52. The van der Waals surface area contributed by atoms with E-state index in [1.54, 1.807) is 36.4 Å². The average molecular weight is 438 g/mol. The van der Waals surface area contributed by atoms with Gasteiger partial charge in [0.25, 0.3) is 11.4 Å². The number of hydrogen-bond acceptors (Lipinski definition) is 8. The summed E-state index contributed by atoms with van der Waals surface area (Å²) >= 11 is 1.23. The lowest BCUT2D eigenvalue weighted by molar-refractivity contribution is -0.385. The zero-order chi connectivity index (χ0) is 22.4. The van der Waals surface area contributed by atoms with Gasteiger partial charge in [-0.25, -0.2) is 4.79 Å². The molecular formula is C21H14N2O7S. The van der Waals surface area contributed by atoms with E-state index in [0.29, 0.717) is 9.79 Å². The number of ether oxygens (including phenoxy) is 1. The first-order valence-electron chi connectivity index (χ1n) is 8.81. The molecule has 156 valence electrons. The molecule has 0 fully saturated rings. The highest BCUT2D eigenvalue weighted by atomic mass is 32.2. The molecule has 0 saturated carbocycles. The average Bonchev–Trinajstić information content (AvgIpc) is 2.78. The fourth-order valence-electron chi connectivity index (χ4n) is 2.55. The lowest BCUT2D eigenvalue weighted by Crippen LogP contribution is -2.14. The van der Waals surface area contributed by atoms with Gasteiger partial charge in [-0.3, -0.25) is 25.0 Å². The maximum atomic E-state index is 12.5. The molecule has 0 aromatic heterocycles. The predicted octanol–water partition coefficient (Wildman–Crippen LogP) is 4.69. The van der Waals surface area contributed by atoms with Crippen LogP contribution in [0.1, 0.15) is 20.7 Å². The molecule has 31 heavy (non-hydrogen) atoms. The van der Waals surface area contributed by atoms with Gasteiger partial charge in [-0.15, -0.1) is 0 Å². The fraction of sp³-hybridized carbons (Fsp3) is 0.0476. The highest BCUT2D eigenvalue weighted by Gasteiger charge is 2.17. The lowest BCUT2D eigenvalue weighted by Gasteiger charge is -2.09. The van der Waals surface area contributed by atoms with Gasteiger partial charge in [-0.05, 0) is 36.4 Å². The van der Waals surface area contributed by atoms with Gasteiger partial charge in [0, 0.05) is 39.6 Å². The number of non-ortho nitro benzene ring substituents is 2. The number of carbonyl (C=O) groups is 2. The number of nitro groups is 2. The van der Waals surface area contributed by atoms with Crippen LogP contribution in [-0.2, 0) is 4.74 Å². The molecular weight excluding hydrogens is 424 g/mol. The number of ketones is 1. The maximum absolute atomic E-state index is 12.5. The number of esters is 1.